The highest BCUT2D eigenvalue weighted by Gasteiger charge is 2.36. The van der Waals surface area contributed by atoms with Crippen molar-refractivity contribution in [2.75, 3.05) is 23.4 Å². The van der Waals surface area contributed by atoms with E-state index >= 15 is 0 Å². The van der Waals surface area contributed by atoms with Crippen molar-refractivity contribution in [1.82, 2.24) is 0 Å². The molecule has 7 nitrogen and oxygen atoms in total. The summed E-state index contributed by atoms with van der Waals surface area (Å²) in [4.78, 5) is 48.6. The van der Waals surface area contributed by atoms with Crippen molar-refractivity contribution >= 4 is 46.5 Å². The Hall–Kier alpha value is -3.19. The van der Waals surface area contributed by atoms with Gasteiger partial charge in [-0.3, -0.25) is 24.1 Å². The van der Waals surface area contributed by atoms with Crippen LogP contribution in [0.25, 0.3) is 0 Å². The number of ether oxygens (including phenoxy) is 1. The van der Waals surface area contributed by atoms with Crippen molar-refractivity contribution in [3.05, 3.63) is 59.1 Å². The summed E-state index contributed by atoms with van der Waals surface area (Å²) in [5.74, 6) is -2.83. The fourth-order valence-electron chi connectivity index (χ4n) is 2.49. The number of anilines is 2. The summed E-state index contributed by atoms with van der Waals surface area (Å²) in [6, 6.07) is 12.9. The number of nitrogens with zero attached hydrogens (tertiary/aromatic N) is 1. The molecular weight excluding hydrogens is 360 g/mol. The Labute approximate surface area is 153 Å². The highest BCUT2D eigenvalue weighted by molar-refractivity contribution is 6.52. The highest BCUT2D eigenvalue weighted by atomic mass is 35.5. The number of hydrogen-bond donors (Lipinski definition) is 1. The van der Waals surface area contributed by atoms with Gasteiger partial charge in [0.1, 0.15) is 6.54 Å². The van der Waals surface area contributed by atoms with Gasteiger partial charge in [-0.05, 0) is 30.3 Å². The Morgan fingerprint density at radius 2 is 1.85 bits per heavy atom. The van der Waals surface area contributed by atoms with Gasteiger partial charge in [0.25, 0.3) is 17.6 Å². The lowest BCUT2D eigenvalue weighted by atomic mass is 10.1. The van der Waals surface area contributed by atoms with Gasteiger partial charge in [0.2, 0.25) is 0 Å². The minimum absolute atomic E-state index is 0.240. The van der Waals surface area contributed by atoms with E-state index in [1.165, 1.54) is 6.07 Å². The number of benzene rings is 2. The molecule has 0 fully saturated rings. The molecule has 3 rings (SSSR count). The van der Waals surface area contributed by atoms with E-state index in [1.54, 1.807) is 42.5 Å². The van der Waals surface area contributed by atoms with Crippen molar-refractivity contribution in [3.63, 3.8) is 0 Å². The van der Waals surface area contributed by atoms with Gasteiger partial charge in [-0.1, -0.05) is 29.8 Å². The van der Waals surface area contributed by atoms with E-state index in [4.69, 9.17) is 16.3 Å². The van der Waals surface area contributed by atoms with Crippen LogP contribution in [0.5, 0.6) is 0 Å². The average Bonchev–Trinajstić information content (AvgIpc) is 2.85. The van der Waals surface area contributed by atoms with Gasteiger partial charge < -0.3 is 10.1 Å². The Morgan fingerprint density at radius 1 is 1.08 bits per heavy atom. The Bertz CT molecular complexity index is 912. The Morgan fingerprint density at radius 3 is 2.62 bits per heavy atom. The van der Waals surface area contributed by atoms with Gasteiger partial charge in [-0.2, -0.15) is 0 Å². The van der Waals surface area contributed by atoms with E-state index < -0.39 is 36.7 Å². The Balaban J connectivity index is 1.55. The first-order chi connectivity index (χ1) is 12.5. The average molecular weight is 373 g/mol. The summed E-state index contributed by atoms with van der Waals surface area (Å²) >= 11 is 5.82. The number of carbonyl (C=O) groups excluding carboxylic acids is 4. The number of para-hydroxylation sites is 1. The number of nitrogens with one attached hydrogen (secondary N) is 1. The van der Waals surface area contributed by atoms with Crippen LogP contribution in [-0.4, -0.2) is 36.7 Å². The highest BCUT2D eigenvalue weighted by Crippen LogP contribution is 2.28. The van der Waals surface area contributed by atoms with Crippen LogP contribution >= 0.6 is 11.6 Å². The van der Waals surface area contributed by atoms with Gasteiger partial charge in [-0.25, -0.2) is 0 Å². The van der Waals surface area contributed by atoms with Gasteiger partial charge in [0, 0.05) is 10.7 Å². The van der Waals surface area contributed by atoms with Crippen LogP contribution < -0.4 is 10.2 Å². The third kappa shape index (κ3) is 3.73. The number of hydrogen-bond acceptors (Lipinski definition) is 5. The summed E-state index contributed by atoms with van der Waals surface area (Å²) < 4.78 is 4.88. The van der Waals surface area contributed by atoms with E-state index in [-0.39, 0.29) is 5.56 Å². The lowest BCUT2D eigenvalue weighted by Crippen LogP contribution is -2.36. The van der Waals surface area contributed by atoms with Crippen LogP contribution in [0.4, 0.5) is 11.4 Å². The van der Waals surface area contributed by atoms with Crippen molar-refractivity contribution in [2.24, 2.45) is 0 Å². The number of halogens is 1. The second-order valence-corrected chi connectivity index (χ2v) is 5.89. The van der Waals surface area contributed by atoms with Crippen LogP contribution in [0.15, 0.2) is 48.5 Å². The van der Waals surface area contributed by atoms with E-state index in [9.17, 15) is 19.2 Å². The molecule has 0 atom stereocenters. The number of amides is 2. The standard InChI is InChI=1S/C18H13ClN2O5/c19-11-4-3-5-12(8-11)20-15(22)10-26-16(23)9-21-14-7-2-1-6-13(14)17(24)18(21)25/h1-8H,9-10H2,(H,20,22). The van der Waals surface area contributed by atoms with E-state index in [1.807, 2.05) is 0 Å². The minimum Gasteiger partial charge on any atom is -0.454 e. The molecule has 1 heterocycles. The fraction of sp³-hybridized carbons (Fsp3) is 0.111. The number of carbonyl (C=O) groups is 4. The lowest BCUT2D eigenvalue weighted by molar-refractivity contribution is -0.146. The minimum atomic E-state index is -0.802. The molecule has 2 aromatic rings. The summed E-state index contributed by atoms with van der Waals surface area (Å²) in [5, 5.41) is 2.98. The topological polar surface area (TPSA) is 92.8 Å². The maximum absolute atomic E-state index is 12.0. The largest absolute Gasteiger partial charge is 0.454 e. The van der Waals surface area contributed by atoms with Gasteiger partial charge in [-0.15, -0.1) is 0 Å². The molecule has 0 unspecified atom stereocenters. The molecule has 132 valence electrons. The quantitative estimate of drug-likeness (QED) is 0.640. The second kappa shape index (κ2) is 7.37. The van der Waals surface area contributed by atoms with Crippen LogP contribution in [0.2, 0.25) is 5.02 Å². The monoisotopic (exact) mass is 372 g/mol. The van der Waals surface area contributed by atoms with E-state index in [0.29, 0.717) is 16.4 Å². The zero-order chi connectivity index (χ0) is 18.7. The fourth-order valence-corrected chi connectivity index (χ4v) is 2.68. The normalized spacial score (nSPS) is 12.7. The molecule has 1 aliphatic heterocycles. The molecule has 1 aliphatic rings. The molecule has 2 amide bonds. The predicted molar refractivity (Wildman–Crippen MR) is 94.2 cm³/mol. The molecule has 0 spiro atoms. The van der Waals surface area contributed by atoms with Gasteiger partial charge >= 0.3 is 5.97 Å². The third-order valence-corrected chi connectivity index (χ3v) is 3.87. The van der Waals surface area contributed by atoms with Gasteiger partial charge in [0.15, 0.2) is 6.61 Å². The zero-order valence-electron chi connectivity index (χ0n) is 13.4. The van der Waals surface area contributed by atoms with Crippen molar-refractivity contribution in [3.8, 4) is 0 Å². The number of Topliss-reactive ketones (excluding diaryl/α,β-unsaturated/α-hetero) is 1. The summed E-state index contributed by atoms with van der Waals surface area (Å²) in [6.45, 7) is -0.977. The molecule has 8 heteroatoms. The van der Waals surface area contributed by atoms with E-state index in [2.05, 4.69) is 5.32 Å². The predicted octanol–water partition coefficient (Wildman–Crippen LogP) is 2.05. The first kappa shape index (κ1) is 17.6. The molecule has 2 aromatic carbocycles. The molecule has 0 bridgehead atoms. The van der Waals surface area contributed by atoms with Crippen molar-refractivity contribution < 1.29 is 23.9 Å². The molecule has 0 radical (unpaired) electrons. The summed E-state index contributed by atoms with van der Waals surface area (Å²) in [7, 11) is 0. The third-order valence-electron chi connectivity index (χ3n) is 3.64. The number of ketones is 1. The summed E-state index contributed by atoms with van der Waals surface area (Å²) in [5.41, 5.74) is 1.06. The SMILES string of the molecule is O=C(COC(=O)CN1C(=O)C(=O)c2ccccc21)Nc1cccc(Cl)c1. The first-order valence-electron chi connectivity index (χ1n) is 7.62. The van der Waals surface area contributed by atoms with Gasteiger partial charge in [0.05, 0.1) is 11.3 Å². The molecule has 0 aliphatic carbocycles. The van der Waals surface area contributed by atoms with Crippen LogP contribution in [0.3, 0.4) is 0 Å². The van der Waals surface area contributed by atoms with Crippen LogP contribution in [0, 0.1) is 0 Å². The molecule has 0 saturated carbocycles. The molecule has 26 heavy (non-hydrogen) atoms. The Kier molecular flexibility index (Phi) is 4.99. The second-order valence-electron chi connectivity index (χ2n) is 5.46. The molecular formula is C18H13ClN2O5. The number of esters is 1. The smallest absolute Gasteiger partial charge is 0.326 e. The lowest BCUT2D eigenvalue weighted by Gasteiger charge is -2.15. The summed E-state index contributed by atoms with van der Waals surface area (Å²) in [6.07, 6.45) is 0. The number of rotatable bonds is 5. The molecule has 1 N–H and O–H groups in total. The maximum Gasteiger partial charge on any atom is 0.326 e. The maximum atomic E-state index is 12.0. The number of fused-ring (bicyclic) bond motifs is 1. The van der Waals surface area contributed by atoms with Crippen molar-refractivity contribution in [1.29, 1.82) is 0 Å². The van der Waals surface area contributed by atoms with Crippen LogP contribution in [0.1, 0.15) is 10.4 Å². The van der Waals surface area contributed by atoms with Crippen molar-refractivity contribution in [2.45, 2.75) is 0 Å². The molecule has 0 saturated heterocycles. The first-order valence-corrected chi connectivity index (χ1v) is 8.00. The zero-order valence-corrected chi connectivity index (χ0v) is 14.2. The molecule has 0 aromatic heterocycles. The van der Waals surface area contributed by atoms with Crippen LogP contribution in [-0.2, 0) is 19.1 Å². The van der Waals surface area contributed by atoms with E-state index in [0.717, 1.165) is 4.90 Å².